The molecule has 0 heterocycles. The molecule has 20 heavy (non-hydrogen) atoms. The predicted molar refractivity (Wildman–Crippen MR) is 77.8 cm³/mol. The van der Waals surface area contributed by atoms with Crippen LogP contribution in [0.1, 0.15) is 61.9 Å². The van der Waals surface area contributed by atoms with Crippen molar-refractivity contribution in [3.8, 4) is 0 Å². The van der Waals surface area contributed by atoms with E-state index in [-0.39, 0.29) is 0 Å². The second-order valence-electron chi connectivity index (χ2n) is 5.51. The Hall–Kier alpha value is -1.35. The van der Waals surface area contributed by atoms with Crippen LogP contribution in [0, 0.1) is 12.0 Å². The van der Waals surface area contributed by atoms with Crippen LogP contribution >= 0.6 is 0 Å². The summed E-state index contributed by atoms with van der Waals surface area (Å²) in [6.45, 7) is 4.25. The Kier molecular flexibility index (Phi) is 5.60. The van der Waals surface area contributed by atoms with E-state index in [4.69, 9.17) is 9.78 Å². The Bertz CT molecular complexity index is 424. The Morgan fingerprint density at radius 3 is 2.65 bits per heavy atom. The van der Waals surface area contributed by atoms with Crippen LogP contribution in [0.2, 0.25) is 0 Å². The van der Waals surface area contributed by atoms with E-state index in [9.17, 15) is 4.79 Å². The van der Waals surface area contributed by atoms with E-state index in [0.29, 0.717) is 11.5 Å². The maximum absolute atomic E-state index is 11.9. The molecule has 2 rings (SSSR count). The first-order valence-electron chi connectivity index (χ1n) is 7.54. The van der Waals surface area contributed by atoms with Crippen LogP contribution < -0.4 is 0 Å². The van der Waals surface area contributed by atoms with E-state index in [1.807, 2.05) is 12.1 Å². The maximum Gasteiger partial charge on any atom is 0.373 e. The van der Waals surface area contributed by atoms with Gasteiger partial charge in [-0.2, -0.15) is 4.89 Å². The van der Waals surface area contributed by atoms with Crippen LogP contribution in [0.25, 0.3) is 0 Å². The molecule has 109 valence electrons. The van der Waals surface area contributed by atoms with E-state index in [0.717, 1.165) is 38.2 Å². The van der Waals surface area contributed by atoms with Crippen molar-refractivity contribution < 1.29 is 14.6 Å². The van der Waals surface area contributed by atoms with Gasteiger partial charge in [0.2, 0.25) is 0 Å². The summed E-state index contributed by atoms with van der Waals surface area (Å²) in [5.74, 6) is -0.0400. The van der Waals surface area contributed by atoms with Crippen LogP contribution in [0.3, 0.4) is 0 Å². The number of hydrogen-bond acceptors (Lipinski definition) is 3. The molecule has 1 aliphatic carbocycles. The molecular formula is C17H23O3. The lowest BCUT2D eigenvalue weighted by atomic mass is 9.88. The molecule has 0 amide bonds. The molecular weight excluding hydrogens is 252 g/mol. The average molecular weight is 275 g/mol. The third kappa shape index (κ3) is 4.07. The van der Waals surface area contributed by atoms with Gasteiger partial charge >= 0.3 is 5.97 Å². The fourth-order valence-electron chi connectivity index (χ4n) is 2.52. The smallest absolute Gasteiger partial charge is 0.292 e. The van der Waals surface area contributed by atoms with Crippen molar-refractivity contribution in [2.75, 3.05) is 0 Å². The third-order valence-corrected chi connectivity index (χ3v) is 3.81. The third-order valence-electron chi connectivity index (χ3n) is 3.81. The molecule has 0 aliphatic heterocycles. The number of carbonyl (C=O) groups excluding carboxylic acids is 1. The number of benzene rings is 1. The van der Waals surface area contributed by atoms with Gasteiger partial charge in [0.15, 0.2) is 6.10 Å². The van der Waals surface area contributed by atoms with E-state index >= 15 is 0 Å². The Balaban J connectivity index is 1.84. The van der Waals surface area contributed by atoms with Gasteiger partial charge in [-0.05, 0) is 42.9 Å². The van der Waals surface area contributed by atoms with E-state index in [1.165, 1.54) is 12.0 Å². The minimum absolute atomic E-state index is 0.378. The topological polar surface area (TPSA) is 35.5 Å². The van der Waals surface area contributed by atoms with Gasteiger partial charge in [-0.3, -0.25) is 4.89 Å². The molecule has 0 saturated heterocycles. The summed E-state index contributed by atoms with van der Waals surface area (Å²) in [6.07, 6.45) is 7.36. The van der Waals surface area contributed by atoms with Crippen LogP contribution in [-0.2, 0) is 16.2 Å². The summed E-state index contributed by atoms with van der Waals surface area (Å²) < 4.78 is 0. The lowest BCUT2D eigenvalue weighted by Crippen LogP contribution is -2.19. The molecule has 1 aromatic carbocycles. The Morgan fingerprint density at radius 1 is 1.25 bits per heavy atom. The highest BCUT2D eigenvalue weighted by Crippen LogP contribution is 2.32. The maximum atomic E-state index is 11.9. The van der Waals surface area contributed by atoms with Gasteiger partial charge in [0.05, 0.1) is 5.56 Å². The van der Waals surface area contributed by atoms with Crippen LogP contribution in [-0.4, -0.2) is 5.97 Å². The normalized spacial score (nSPS) is 19.8. The molecule has 3 heteroatoms. The van der Waals surface area contributed by atoms with Gasteiger partial charge in [-0.25, -0.2) is 4.79 Å². The second kappa shape index (κ2) is 7.44. The van der Waals surface area contributed by atoms with Crippen molar-refractivity contribution in [3.05, 3.63) is 41.5 Å². The molecule has 0 N–H and O–H groups in total. The van der Waals surface area contributed by atoms with Gasteiger partial charge in [0, 0.05) is 0 Å². The monoisotopic (exact) mass is 275 g/mol. The molecule has 1 aliphatic rings. The Labute approximate surface area is 121 Å². The molecule has 1 aromatic rings. The van der Waals surface area contributed by atoms with Gasteiger partial charge in [-0.15, -0.1) is 0 Å². The van der Waals surface area contributed by atoms with Crippen molar-refractivity contribution >= 4 is 5.97 Å². The predicted octanol–water partition coefficient (Wildman–Crippen LogP) is 4.47. The molecule has 1 unspecified atom stereocenters. The average Bonchev–Trinajstić information content (AvgIpc) is 2.47. The van der Waals surface area contributed by atoms with Gasteiger partial charge in [0.25, 0.3) is 0 Å². The zero-order valence-electron chi connectivity index (χ0n) is 12.4. The zero-order chi connectivity index (χ0) is 14.4. The molecule has 1 saturated carbocycles. The molecule has 1 fully saturated rings. The van der Waals surface area contributed by atoms with Crippen molar-refractivity contribution in [1.82, 2.24) is 0 Å². The van der Waals surface area contributed by atoms with Gasteiger partial charge < -0.3 is 0 Å². The summed E-state index contributed by atoms with van der Waals surface area (Å²) in [4.78, 5) is 22.1. The molecule has 3 nitrogen and oxygen atoms in total. The molecule has 0 spiro atoms. The van der Waals surface area contributed by atoms with E-state index in [1.54, 1.807) is 12.1 Å². The summed E-state index contributed by atoms with van der Waals surface area (Å²) >= 11 is 0. The lowest BCUT2D eigenvalue weighted by Gasteiger charge is -2.25. The van der Waals surface area contributed by atoms with Crippen LogP contribution in [0.4, 0.5) is 0 Å². The second-order valence-corrected chi connectivity index (χ2v) is 5.51. The molecule has 1 radical (unpaired) electrons. The highest BCUT2D eigenvalue weighted by molar-refractivity contribution is 5.88. The van der Waals surface area contributed by atoms with E-state index in [2.05, 4.69) is 13.8 Å². The van der Waals surface area contributed by atoms with E-state index < -0.39 is 5.97 Å². The standard InChI is InChI=1S/C17H23O3/c1-3-6-14-9-11-15(12-10-14)17(18)20-19-16-8-5-4-7-13(16)2/h9-13H,3-8H2,1-2H3. The van der Waals surface area contributed by atoms with Crippen molar-refractivity contribution in [3.63, 3.8) is 0 Å². The van der Waals surface area contributed by atoms with Crippen molar-refractivity contribution in [1.29, 1.82) is 0 Å². The molecule has 1 atom stereocenters. The van der Waals surface area contributed by atoms with Crippen LogP contribution in [0.15, 0.2) is 24.3 Å². The van der Waals surface area contributed by atoms with Crippen LogP contribution in [0.5, 0.6) is 0 Å². The summed E-state index contributed by atoms with van der Waals surface area (Å²) in [5.41, 5.74) is 1.77. The first kappa shape index (κ1) is 15.0. The quantitative estimate of drug-likeness (QED) is 0.587. The zero-order valence-corrected chi connectivity index (χ0v) is 12.4. The first-order valence-corrected chi connectivity index (χ1v) is 7.54. The van der Waals surface area contributed by atoms with Crippen molar-refractivity contribution in [2.24, 2.45) is 5.92 Å². The number of carbonyl (C=O) groups is 1. The summed E-state index contributed by atoms with van der Waals surface area (Å²) in [7, 11) is 0. The lowest BCUT2D eigenvalue weighted by molar-refractivity contribution is -0.246. The highest BCUT2D eigenvalue weighted by atomic mass is 17.2. The minimum Gasteiger partial charge on any atom is -0.292 e. The molecule has 0 bridgehead atoms. The number of aryl methyl sites for hydroxylation is 1. The SMILES string of the molecule is CCCc1ccc(C(=O)OO[C]2CCCCC2C)cc1. The Morgan fingerprint density at radius 2 is 2.00 bits per heavy atom. The highest BCUT2D eigenvalue weighted by Gasteiger charge is 2.25. The summed E-state index contributed by atoms with van der Waals surface area (Å²) in [6, 6.07) is 7.53. The summed E-state index contributed by atoms with van der Waals surface area (Å²) in [5, 5.41) is 0. The van der Waals surface area contributed by atoms with Gasteiger partial charge in [-0.1, -0.05) is 45.2 Å². The van der Waals surface area contributed by atoms with Crippen molar-refractivity contribution in [2.45, 2.75) is 52.4 Å². The van der Waals surface area contributed by atoms with Gasteiger partial charge in [0.1, 0.15) is 0 Å². The fraction of sp³-hybridized carbons (Fsp3) is 0.529. The minimum atomic E-state index is -0.418. The molecule has 0 aromatic heterocycles. The fourth-order valence-corrected chi connectivity index (χ4v) is 2.52. The largest absolute Gasteiger partial charge is 0.373 e. The number of rotatable bonds is 5. The first-order chi connectivity index (χ1) is 9.70. The number of hydrogen-bond donors (Lipinski definition) is 0.